The van der Waals surface area contributed by atoms with Gasteiger partial charge in [0.15, 0.2) is 0 Å². The third-order valence-corrected chi connectivity index (χ3v) is 4.90. The Morgan fingerprint density at radius 1 is 0.963 bits per heavy atom. The van der Waals surface area contributed by atoms with Crippen LogP contribution in [-0.2, 0) is 20.9 Å². The van der Waals surface area contributed by atoms with Crippen LogP contribution in [0.5, 0.6) is 0 Å². The molecule has 8 nitrogen and oxygen atoms in total. The average molecular weight is 377 g/mol. The third-order valence-electron chi connectivity index (χ3n) is 4.90. The molecular formula is C19H27N3O5. The summed E-state index contributed by atoms with van der Waals surface area (Å²) in [5.74, 6) is -2.99. The highest BCUT2D eigenvalue weighted by Crippen LogP contribution is 2.22. The lowest BCUT2D eigenvalue weighted by Crippen LogP contribution is -2.44. The van der Waals surface area contributed by atoms with Gasteiger partial charge in [0.05, 0.1) is 5.69 Å². The summed E-state index contributed by atoms with van der Waals surface area (Å²) in [5.41, 5.74) is 1.12. The van der Waals surface area contributed by atoms with Gasteiger partial charge in [0.1, 0.15) is 0 Å². The molecule has 1 aromatic rings. The molecule has 0 saturated carbocycles. The molecule has 8 heteroatoms. The number of carbonyl (C=O) groups excluding carboxylic acids is 1. The minimum atomic E-state index is -1.82. The maximum Gasteiger partial charge on any atom is 0.414 e. The molecule has 0 atom stereocenters. The molecule has 2 saturated heterocycles. The molecule has 2 N–H and O–H groups in total. The van der Waals surface area contributed by atoms with Crippen LogP contribution >= 0.6 is 0 Å². The van der Waals surface area contributed by atoms with Gasteiger partial charge in [-0.05, 0) is 57.3 Å². The number of rotatable bonds is 3. The Labute approximate surface area is 158 Å². The molecule has 3 rings (SSSR count). The molecule has 27 heavy (non-hydrogen) atoms. The molecule has 0 bridgehead atoms. The van der Waals surface area contributed by atoms with E-state index in [9.17, 15) is 4.79 Å². The average Bonchev–Trinajstić information content (AvgIpc) is 2.70. The van der Waals surface area contributed by atoms with E-state index < -0.39 is 11.9 Å². The Kier molecular flexibility index (Phi) is 8.19. The number of aromatic nitrogens is 1. The van der Waals surface area contributed by atoms with Gasteiger partial charge < -0.3 is 15.1 Å². The summed E-state index contributed by atoms with van der Waals surface area (Å²) in [6, 6.07) is 6.06. The zero-order valence-corrected chi connectivity index (χ0v) is 15.4. The molecule has 0 unspecified atom stereocenters. The number of piperidine rings is 2. The maximum atomic E-state index is 12.5. The van der Waals surface area contributed by atoms with Gasteiger partial charge in [-0.15, -0.1) is 0 Å². The van der Waals surface area contributed by atoms with E-state index in [1.807, 2.05) is 18.3 Å². The van der Waals surface area contributed by atoms with Gasteiger partial charge in [-0.25, -0.2) is 9.59 Å². The zero-order chi connectivity index (χ0) is 19.6. The first kappa shape index (κ1) is 20.8. The molecule has 0 spiro atoms. The lowest BCUT2D eigenvalue weighted by atomic mass is 9.94. The van der Waals surface area contributed by atoms with Gasteiger partial charge in [-0.1, -0.05) is 6.07 Å². The first-order valence-corrected chi connectivity index (χ1v) is 9.34. The molecule has 2 aliphatic rings. The van der Waals surface area contributed by atoms with Crippen molar-refractivity contribution in [2.75, 3.05) is 26.2 Å². The molecule has 1 amide bonds. The van der Waals surface area contributed by atoms with E-state index in [2.05, 4.69) is 20.9 Å². The van der Waals surface area contributed by atoms with Gasteiger partial charge in [-0.2, -0.15) is 0 Å². The normalized spacial score (nSPS) is 18.3. The van der Waals surface area contributed by atoms with Crippen molar-refractivity contribution in [3.8, 4) is 0 Å². The fraction of sp³-hybridized carbons (Fsp3) is 0.579. The van der Waals surface area contributed by atoms with Crippen LogP contribution in [0.1, 0.15) is 37.8 Å². The molecule has 2 fully saturated rings. The maximum absolute atomic E-state index is 12.5. The first-order valence-electron chi connectivity index (χ1n) is 9.34. The van der Waals surface area contributed by atoms with Gasteiger partial charge in [0.25, 0.3) is 0 Å². The topological polar surface area (TPSA) is 111 Å². The van der Waals surface area contributed by atoms with Gasteiger partial charge in [-0.3, -0.25) is 14.7 Å². The van der Waals surface area contributed by atoms with Crippen molar-refractivity contribution in [2.24, 2.45) is 5.92 Å². The van der Waals surface area contributed by atoms with Crippen LogP contribution in [0.3, 0.4) is 0 Å². The Hall–Kier alpha value is -2.48. The van der Waals surface area contributed by atoms with Crippen LogP contribution < -0.4 is 0 Å². The third kappa shape index (κ3) is 6.97. The number of nitrogens with zero attached hydrogens (tertiary/aromatic N) is 3. The number of pyridine rings is 1. The number of amides is 1. The Morgan fingerprint density at radius 3 is 2.11 bits per heavy atom. The SMILES string of the molecule is O=C(C1CCN(Cc2ccccn2)CC1)N1CCCCC1.O=C(O)C(=O)O. The van der Waals surface area contributed by atoms with Crippen LogP contribution in [-0.4, -0.2) is 69.0 Å². The van der Waals surface area contributed by atoms with Crippen molar-refractivity contribution in [2.45, 2.75) is 38.6 Å². The van der Waals surface area contributed by atoms with Crippen LogP contribution in [0.2, 0.25) is 0 Å². The molecule has 0 aromatic carbocycles. The van der Waals surface area contributed by atoms with Gasteiger partial charge in [0.2, 0.25) is 5.91 Å². The molecule has 148 valence electrons. The number of carboxylic acid groups (broad SMARTS) is 2. The molecule has 1 aromatic heterocycles. The number of carbonyl (C=O) groups is 3. The number of aliphatic carboxylic acids is 2. The second-order valence-corrected chi connectivity index (χ2v) is 6.87. The van der Waals surface area contributed by atoms with E-state index in [0.29, 0.717) is 5.91 Å². The Balaban J connectivity index is 0.000000380. The summed E-state index contributed by atoms with van der Waals surface area (Å²) in [5, 5.41) is 14.8. The van der Waals surface area contributed by atoms with E-state index >= 15 is 0 Å². The van der Waals surface area contributed by atoms with Crippen molar-refractivity contribution in [1.29, 1.82) is 0 Å². The number of carboxylic acids is 2. The Morgan fingerprint density at radius 2 is 1.59 bits per heavy atom. The predicted molar refractivity (Wildman–Crippen MR) is 97.9 cm³/mol. The van der Waals surface area contributed by atoms with E-state index in [-0.39, 0.29) is 5.92 Å². The van der Waals surface area contributed by atoms with E-state index in [1.54, 1.807) is 0 Å². The molecule has 0 aliphatic carbocycles. The monoisotopic (exact) mass is 377 g/mol. The molecule has 2 aliphatic heterocycles. The number of hydrogen-bond acceptors (Lipinski definition) is 5. The lowest BCUT2D eigenvalue weighted by molar-refractivity contribution is -0.159. The summed E-state index contributed by atoms with van der Waals surface area (Å²) >= 11 is 0. The van der Waals surface area contributed by atoms with Crippen LogP contribution in [0.4, 0.5) is 0 Å². The standard InChI is InChI=1S/C17H25N3O.C2H2O4/c21-17(20-10-4-1-5-11-20)15-7-12-19(13-8-15)14-16-6-2-3-9-18-16;3-1(4)2(5)6/h2-3,6,9,15H,1,4-5,7-8,10-14H2;(H,3,4)(H,5,6). The minimum Gasteiger partial charge on any atom is -0.473 e. The second kappa shape index (κ2) is 10.6. The van der Waals surface area contributed by atoms with Gasteiger partial charge >= 0.3 is 11.9 Å². The van der Waals surface area contributed by atoms with E-state index in [1.165, 1.54) is 19.3 Å². The first-order chi connectivity index (χ1) is 13.0. The quantitative estimate of drug-likeness (QED) is 0.767. The van der Waals surface area contributed by atoms with Crippen molar-refractivity contribution >= 4 is 17.8 Å². The number of hydrogen-bond donors (Lipinski definition) is 2. The number of likely N-dealkylation sites (tertiary alicyclic amines) is 2. The van der Waals surface area contributed by atoms with E-state index in [0.717, 1.165) is 51.3 Å². The molecule has 0 radical (unpaired) electrons. The lowest BCUT2D eigenvalue weighted by Gasteiger charge is -2.35. The van der Waals surface area contributed by atoms with Crippen molar-refractivity contribution in [3.63, 3.8) is 0 Å². The van der Waals surface area contributed by atoms with E-state index in [4.69, 9.17) is 19.8 Å². The summed E-state index contributed by atoms with van der Waals surface area (Å²) in [6.07, 6.45) is 7.51. The van der Waals surface area contributed by atoms with Crippen molar-refractivity contribution in [3.05, 3.63) is 30.1 Å². The van der Waals surface area contributed by atoms with Crippen LogP contribution in [0.25, 0.3) is 0 Å². The summed E-state index contributed by atoms with van der Waals surface area (Å²) in [4.78, 5) is 39.6. The highest BCUT2D eigenvalue weighted by Gasteiger charge is 2.29. The fourth-order valence-electron chi connectivity index (χ4n) is 3.43. The summed E-state index contributed by atoms with van der Waals surface area (Å²) in [7, 11) is 0. The highest BCUT2D eigenvalue weighted by atomic mass is 16.4. The second-order valence-electron chi connectivity index (χ2n) is 6.87. The Bertz CT molecular complexity index is 611. The van der Waals surface area contributed by atoms with Crippen LogP contribution in [0.15, 0.2) is 24.4 Å². The van der Waals surface area contributed by atoms with Crippen LogP contribution in [0, 0.1) is 5.92 Å². The molecular weight excluding hydrogens is 350 g/mol. The molecule has 3 heterocycles. The zero-order valence-electron chi connectivity index (χ0n) is 15.4. The van der Waals surface area contributed by atoms with Gasteiger partial charge in [0, 0.05) is 31.7 Å². The fourth-order valence-corrected chi connectivity index (χ4v) is 3.43. The smallest absolute Gasteiger partial charge is 0.414 e. The summed E-state index contributed by atoms with van der Waals surface area (Å²) < 4.78 is 0. The minimum absolute atomic E-state index is 0.253. The summed E-state index contributed by atoms with van der Waals surface area (Å²) in [6.45, 7) is 4.90. The van der Waals surface area contributed by atoms with Crippen molar-refractivity contribution < 1.29 is 24.6 Å². The largest absolute Gasteiger partial charge is 0.473 e. The highest BCUT2D eigenvalue weighted by molar-refractivity contribution is 6.27. The van der Waals surface area contributed by atoms with Crippen molar-refractivity contribution in [1.82, 2.24) is 14.8 Å². The predicted octanol–water partition coefficient (Wildman–Crippen LogP) is 1.46.